The van der Waals surface area contributed by atoms with Gasteiger partial charge in [0.1, 0.15) is 11.6 Å². The van der Waals surface area contributed by atoms with E-state index in [1.807, 2.05) is 0 Å². The van der Waals surface area contributed by atoms with E-state index in [0.29, 0.717) is 30.0 Å². The number of urea groups is 1. The minimum Gasteiger partial charge on any atom is -0.454 e. The Balaban J connectivity index is 1.30. The number of aldehydes is 1. The first kappa shape index (κ1) is 31.0. The molecule has 2 aromatic carbocycles. The monoisotopic (exact) mass is 614 g/mol. The highest BCUT2D eigenvalue weighted by Crippen LogP contribution is 2.30. The van der Waals surface area contributed by atoms with Crippen molar-refractivity contribution in [3.63, 3.8) is 0 Å². The summed E-state index contributed by atoms with van der Waals surface area (Å²) in [5, 5.41) is 6.64. The fraction of sp³-hybridized carbons (Fsp3) is 0.242. The molecule has 0 bridgehead atoms. The maximum atomic E-state index is 15.0. The van der Waals surface area contributed by atoms with Gasteiger partial charge in [-0.2, -0.15) is 5.10 Å². The van der Waals surface area contributed by atoms with Crippen LogP contribution in [-0.2, 0) is 16.6 Å². The lowest BCUT2D eigenvalue weighted by atomic mass is 10.1. The number of halogens is 2. The zero-order valence-electron chi connectivity index (χ0n) is 24.8. The third kappa shape index (κ3) is 7.77. The Kier molecular flexibility index (Phi) is 9.61. The molecule has 0 atom stereocenters. The number of hydrogen-bond acceptors (Lipinski definition) is 6. The van der Waals surface area contributed by atoms with Crippen molar-refractivity contribution in [3.8, 4) is 22.8 Å². The standard InChI is InChI=1S/C33H32F2N6O4/c1-39-19-23(17-37-39)30-16-28(13-14-36-30)45-31-12-9-26(15-29(31)35)38-32(43)24(21-42)20-41(18-22-5-3-4-6-22)33(44)40(2)27-10-7-25(34)8-11-27/h7-17,19-22H,3-6,18H2,1-2H3,(H,38,43)/b24-20+. The van der Waals surface area contributed by atoms with Crippen LogP contribution in [0.25, 0.3) is 11.3 Å². The number of benzene rings is 2. The summed E-state index contributed by atoms with van der Waals surface area (Å²) in [7, 11) is 3.32. The number of ether oxygens (including phenoxy) is 1. The Labute approximate surface area is 258 Å². The number of carbonyl (C=O) groups excluding carboxylic acids is 3. The molecule has 0 saturated heterocycles. The zero-order chi connectivity index (χ0) is 31.9. The van der Waals surface area contributed by atoms with Crippen LogP contribution < -0.4 is 15.0 Å². The van der Waals surface area contributed by atoms with Crippen LogP contribution >= 0.6 is 0 Å². The molecule has 1 saturated carbocycles. The van der Waals surface area contributed by atoms with Crippen molar-refractivity contribution in [1.29, 1.82) is 0 Å². The summed E-state index contributed by atoms with van der Waals surface area (Å²) in [6.45, 7) is 0.299. The molecule has 0 spiro atoms. The van der Waals surface area contributed by atoms with E-state index >= 15 is 4.39 Å². The molecular formula is C33H32F2N6O4. The van der Waals surface area contributed by atoms with Crippen molar-refractivity contribution in [3.05, 3.63) is 96.6 Å². The lowest BCUT2D eigenvalue weighted by Crippen LogP contribution is -2.41. The number of nitrogens with zero attached hydrogens (tertiary/aromatic N) is 5. The number of amides is 3. The molecule has 0 unspecified atom stereocenters. The van der Waals surface area contributed by atoms with Gasteiger partial charge < -0.3 is 10.1 Å². The normalized spacial score (nSPS) is 13.4. The van der Waals surface area contributed by atoms with Gasteiger partial charge in [0.15, 0.2) is 17.9 Å². The molecule has 10 nitrogen and oxygen atoms in total. The van der Waals surface area contributed by atoms with Gasteiger partial charge in [0.25, 0.3) is 5.91 Å². The number of carbonyl (C=O) groups is 3. The molecule has 2 aromatic heterocycles. The van der Waals surface area contributed by atoms with Crippen LogP contribution in [0.15, 0.2) is 85.0 Å². The highest BCUT2D eigenvalue weighted by Gasteiger charge is 2.25. The van der Waals surface area contributed by atoms with Gasteiger partial charge in [-0.15, -0.1) is 0 Å². The third-order valence-electron chi connectivity index (χ3n) is 7.51. The first-order valence-corrected chi connectivity index (χ1v) is 14.4. The van der Waals surface area contributed by atoms with Gasteiger partial charge in [0.05, 0.1) is 17.5 Å². The Morgan fingerprint density at radius 2 is 1.84 bits per heavy atom. The lowest BCUT2D eigenvalue weighted by molar-refractivity contribution is -0.115. The van der Waals surface area contributed by atoms with Crippen molar-refractivity contribution in [1.82, 2.24) is 19.7 Å². The number of anilines is 2. The molecule has 12 heteroatoms. The fourth-order valence-electron chi connectivity index (χ4n) is 5.11. The van der Waals surface area contributed by atoms with Crippen LogP contribution in [-0.4, -0.2) is 51.5 Å². The zero-order valence-corrected chi connectivity index (χ0v) is 24.8. The van der Waals surface area contributed by atoms with Crippen molar-refractivity contribution in [2.75, 3.05) is 23.8 Å². The topological polar surface area (TPSA) is 110 Å². The highest BCUT2D eigenvalue weighted by molar-refractivity contribution is 6.16. The van der Waals surface area contributed by atoms with E-state index in [1.54, 1.807) is 36.3 Å². The van der Waals surface area contributed by atoms with E-state index in [-0.39, 0.29) is 22.9 Å². The molecule has 2 heterocycles. The molecular weight excluding hydrogens is 582 g/mol. The SMILES string of the molecule is CN(C(=O)N(/C=C(\C=O)C(=O)Nc1ccc(Oc2ccnc(-c3cnn(C)c3)c2)c(F)c1)CC1CCCC1)c1ccc(F)cc1. The smallest absolute Gasteiger partial charge is 0.328 e. The van der Waals surface area contributed by atoms with E-state index in [2.05, 4.69) is 15.4 Å². The molecule has 232 valence electrons. The maximum absolute atomic E-state index is 15.0. The molecule has 1 fully saturated rings. The molecule has 3 amide bonds. The van der Waals surface area contributed by atoms with Crippen molar-refractivity contribution >= 4 is 29.6 Å². The Morgan fingerprint density at radius 1 is 1.09 bits per heavy atom. The first-order chi connectivity index (χ1) is 21.7. The fourth-order valence-corrected chi connectivity index (χ4v) is 5.11. The van der Waals surface area contributed by atoms with Crippen molar-refractivity contribution < 1.29 is 27.9 Å². The number of aromatic nitrogens is 3. The van der Waals surface area contributed by atoms with Gasteiger partial charge in [-0.25, -0.2) is 13.6 Å². The number of hydrogen-bond donors (Lipinski definition) is 1. The molecule has 4 aromatic rings. The summed E-state index contributed by atoms with van der Waals surface area (Å²) >= 11 is 0. The Bertz CT molecular complexity index is 1720. The van der Waals surface area contributed by atoms with Gasteiger partial charge in [-0.1, -0.05) is 12.8 Å². The van der Waals surface area contributed by atoms with Crippen LogP contribution in [0, 0.1) is 17.6 Å². The van der Waals surface area contributed by atoms with Crippen LogP contribution in [0.3, 0.4) is 0 Å². The largest absolute Gasteiger partial charge is 0.454 e. The minimum atomic E-state index is -0.818. The number of pyridine rings is 1. The number of rotatable bonds is 10. The summed E-state index contributed by atoms with van der Waals surface area (Å²) in [6.07, 6.45) is 10.4. The quantitative estimate of drug-likeness (QED) is 0.0969. The lowest BCUT2D eigenvalue weighted by Gasteiger charge is -2.28. The molecule has 1 aliphatic carbocycles. The predicted octanol–water partition coefficient (Wildman–Crippen LogP) is 6.32. The Hall–Kier alpha value is -5.39. The van der Waals surface area contributed by atoms with Crippen LogP contribution in [0.2, 0.25) is 0 Å². The molecule has 1 aliphatic rings. The van der Waals surface area contributed by atoms with Crippen molar-refractivity contribution in [2.45, 2.75) is 25.7 Å². The number of aryl methyl sites for hydroxylation is 1. The van der Waals surface area contributed by atoms with Crippen LogP contribution in [0.1, 0.15) is 25.7 Å². The van der Waals surface area contributed by atoms with Crippen LogP contribution in [0.4, 0.5) is 25.0 Å². The molecule has 5 rings (SSSR count). The summed E-state index contributed by atoms with van der Waals surface area (Å²) in [6, 6.07) is 12.0. The average molecular weight is 615 g/mol. The van der Waals surface area contributed by atoms with Crippen LogP contribution in [0.5, 0.6) is 11.5 Å². The van der Waals surface area contributed by atoms with Gasteiger partial charge in [-0.3, -0.25) is 29.1 Å². The second-order valence-electron chi connectivity index (χ2n) is 10.8. The van der Waals surface area contributed by atoms with Gasteiger partial charge in [0, 0.05) is 68.3 Å². The van der Waals surface area contributed by atoms with Gasteiger partial charge in [-0.05, 0) is 61.2 Å². The summed E-state index contributed by atoms with van der Waals surface area (Å²) in [4.78, 5) is 45.6. The molecule has 0 radical (unpaired) electrons. The van der Waals surface area contributed by atoms with E-state index in [0.717, 1.165) is 37.3 Å². The maximum Gasteiger partial charge on any atom is 0.328 e. The first-order valence-electron chi connectivity index (χ1n) is 14.4. The highest BCUT2D eigenvalue weighted by atomic mass is 19.1. The summed E-state index contributed by atoms with van der Waals surface area (Å²) < 4.78 is 35.8. The van der Waals surface area contributed by atoms with Crippen molar-refractivity contribution in [2.24, 2.45) is 13.0 Å². The Morgan fingerprint density at radius 3 is 2.51 bits per heavy atom. The van der Waals surface area contributed by atoms with Gasteiger partial charge in [0.2, 0.25) is 0 Å². The van der Waals surface area contributed by atoms with E-state index < -0.39 is 23.6 Å². The predicted molar refractivity (Wildman–Crippen MR) is 165 cm³/mol. The molecule has 45 heavy (non-hydrogen) atoms. The molecule has 1 N–H and O–H groups in total. The second-order valence-corrected chi connectivity index (χ2v) is 10.8. The number of nitrogens with one attached hydrogen (secondary N) is 1. The summed E-state index contributed by atoms with van der Waals surface area (Å²) in [5.74, 6) is -1.54. The van der Waals surface area contributed by atoms with E-state index in [1.165, 1.54) is 65.6 Å². The van der Waals surface area contributed by atoms with E-state index in [9.17, 15) is 18.8 Å². The van der Waals surface area contributed by atoms with E-state index in [4.69, 9.17) is 4.74 Å². The second kappa shape index (κ2) is 13.9. The average Bonchev–Trinajstić information content (AvgIpc) is 3.72. The minimum absolute atomic E-state index is 0.0837. The van der Waals surface area contributed by atoms with Gasteiger partial charge >= 0.3 is 6.03 Å². The third-order valence-corrected chi connectivity index (χ3v) is 7.51. The summed E-state index contributed by atoms with van der Waals surface area (Å²) in [5.41, 5.74) is 1.57. The molecule has 0 aliphatic heterocycles.